The maximum Gasteiger partial charge on any atom is 0.137 e. The second-order valence-electron chi connectivity index (χ2n) is 5.09. The van der Waals surface area contributed by atoms with Crippen LogP contribution >= 0.6 is 23.2 Å². The molecule has 0 radical (unpaired) electrons. The Balaban J connectivity index is 2.08. The van der Waals surface area contributed by atoms with E-state index in [0.717, 1.165) is 22.0 Å². The van der Waals surface area contributed by atoms with Gasteiger partial charge in [-0.3, -0.25) is 0 Å². The summed E-state index contributed by atoms with van der Waals surface area (Å²) < 4.78 is 5.17. The van der Waals surface area contributed by atoms with Crippen molar-refractivity contribution in [3.05, 3.63) is 69.3 Å². The van der Waals surface area contributed by atoms with Crippen LogP contribution in [0.15, 0.2) is 42.5 Å². The first-order chi connectivity index (χ1) is 11.1. The van der Waals surface area contributed by atoms with Gasteiger partial charge in [-0.05, 0) is 53.9 Å². The van der Waals surface area contributed by atoms with Crippen molar-refractivity contribution >= 4 is 34.1 Å². The van der Waals surface area contributed by atoms with Gasteiger partial charge in [-0.2, -0.15) is 5.26 Å². The van der Waals surface area contributed by atoms with E-state index in [2.05, 4.69) is 11.1 Å². The molecule has 5 heteroatoms. The minimum atomic E-state index is 0.428. The van der Waals surface area contributed by atoms with Gasteiger partial charge in [0.2, 0.25) is 0 Å². The Labute approximate surface area is 144 Å². The summed E-state index contributed by atoms with van der Waals surface area (Å²) in [5, 5.41) is 11.0. The van der Waals surface area contributed by atoms with Gasteiger partial charge in [-0.25, -0.2) is 4.98 Å². The lowest BCUT2D eigenvalue weighted by Crippen LogP contribution is -1.94. The SMILES string of the molecule is COc1ccc(Cc2cc(Cl)nc3ccc(C#N)cc23)cc1Cl. The van der Waals surface area contributed by atoms with Gasteiger partial charge < -0.3 is 4.74 Å². The molecule has 3 nitrogen and oxygen atoms in total. The number of nitrogens with zero attached hydrogens (tertiary/aromatic N) is 2. The molecule has 23 heavy (non-hydrogen) atoms. The number of rotatable bonds is 3. The van der Waals surface area contributed by atoms with E-state index < -0.39 is 0 Å². The molecule has 0 aliphatic rings. The van der Waals surface area contributed by atoms with E-state index in [0.29, 0.717) is 27.9 Å². The van der Waals surface area contributed by atoms with Crippen molar-refractivity contribution in [2.75, 3.05) is 7.11 Å². The molecule has 0 aliphatic heterocycles. The van der Waals surface area contributed by atoms with E-state index in [1.54, 1.807) is 13.2 Å². The summed E-state index contributed by atoms with van der Waals surface area (Å²) >= 11 is 12.3. The fourth-order valence-corrected chi connectivity index (χ4v) is 3.02. The Hall–Kier alpha value is -2.28. The van der Waals surface area contributed by atoms with Crippen LogP contribution in [0, 0.1) is 11.3 Å². The monoisotopic (exact) mass is 342 g/mol. The van der Waals surface area contributed by atoms with Crippen molar-refractivity contribution in [1.82, 2.24) is 4.98 Å². The van der Waals surface area contributed by atoms with E-state index >= 15 is 0 Å². The maximum absolute atomic E-state index is 9.10. The molecule has 1 heterocycles. The smallest absolute Gasteiger partial charge is 0.137 e. The highest BCUT2D eigenvalue weighted by Crippen LogP contribution is 2.28. The number of ether oxygens (including phenoxy) is 1. The van der Waals surface area contributed by atoms with Crippen LogP contribution in [0.25, 0.3) is 10.9 Å². The average Bonchev–Trinajstić information content (AvgIpc) is 2.54. The Kier molecular flexibility index (Phi) is 4.38. The highest BCUT2D eigenvalue weighted by atomic mass is 35.5. The third-order valence-electron chi connectivity index (χ3n) is 3.60. The zero-order valence-corrected chi connectivity index (χ0v) is 13.8. The molecular formula is C18H12Cl2N2O. The highest BCUT2D eigenvalue weighted by molar-refractivity contribution is 6.32. The van der Waals surface area contributed by atoms with Crippen LogP contribution in [0.1, 0.15) is 16.7 Å². The van der Waals surface area contributed by atoms with Crippen molar-refractivity contribution in [2.45, 2.75) is 6.42 Å². The van der Waals surface area contributed by atoms with Crippen LogP contribution in [0.2, 0.25) is 10.2 Å². The molecule has 0 unspecified atom stereocenters. The Morgan fingerprint density at radius 3 is 2.65 bits per heavy atom. The number of hydrogen-bond acceptors (Lipinski definition) is 3. The summed E-state index contributed by atoms with van der Waals surface area (Å²) in [6.07, 6.45) is 0.636. The van der Waals surface area contributed by atoms with Crippen molar-refractivity contribution in [2.24, 2.45) is 0 Å². The molecule has 0 bridgehead atoms. The third-order valence-corrected chi connectivity index (χ3v) is 4.09. The molecule has 0 N–H and O–H groups in total. The topological polar surface area (TPSA) is 45.9 Å². The van der Waals surface area contributed by atoms with E-state index in [1.807, 2.05) is 36.4 Å². The van der Waals surface area contributed by atoms with Crippen LogP contribution in [0.3, 0.4) is 0 Å². The van der Waals surface area contributed by atoms with Crippen LogP contribution in [-0.4, -0.2) is 12.1 Å². The third kappa shape index (κ3) is 3.24. The largest absolute Gasteiger partial charge is 0.495 e. The highest BCUT2D eigenvalue weighted by Gasteiger charge is 2.09. The fourth-order valence-electron chi connectivity index (χ4n) is 2.52. The lowest BCUT2D eigenvalue weighted by Gasteiger charge is -2.09. The first-order valence-corrected chi connectivity index (χ1v) is 7.68. The number of hydrogen-bond donors (Lipinski definition) is 0. The molecule has 0 aliphatic carbocycles. The molecular weight excluding hydrogens is 331 g/mol. The van der Waals surface area contributed by atoms with Gasteiger partial charge in [0.05, 0.1) is 29.3 Å². The summed E-state index contributed by atoms with van der Waals surface area (Å²) in [6, 6.07) is 15.0. The van der Waals surface area contributed by atoms with Gasteiger partial charge in [0.25, 0.3) is 0 Å². The van der Waals surface area contributed by atoms with Crippen LogP contribution in [0.5, 0.6) is 5.75 Å². The zero-order chi connectivity index (χ0) is 16.4. The molecule has 0 saturated carbocycles. The Morgan fingerprint density at radius 2 is 1.96 bits per heavy atom. The predicted octanol–water partition coefficient (Wildman–Crippen LogP) is 5.01. The zero-order valence-electron chi connectivity index (χ0n) is 12.3. The number of aromatic nitrogens is 1. The van der Waals surface area contributed by atoms with Gasteiger partial charge in [-0.1, -0.05) is 29.3 Å². The summed E-state index contributed by atoms with van der Waals surface area (Å²) in [6.45, 7) is 0. The van der Waals surface area contributed by atoms with E-state index in [4.69, 9.17) is 33.2 Å². The molecule has 3 rings (SSSR count). The van der Waals surface area contributed by atoms with Gasteiger partial charge in [0.1, 0.15) is 10.9 Å². The standard InChI is InChI=1S/C18H12Cl2N2O/c1-23-17-5-3-11(8-15(17)19)6-13-9-18(20)22-16-4-2-12(10-21)7-14(13)16/h2-5,7-9H,6H2,1H3. The normalized spacial score (nSPS) is 10.5. The molecule has 2 aromatic carbocycles. The molecule has 0 fully saturated rings. The molecule has 0 spiro atoms. The molecule has 114 valence electrons. The Bertz CT molecular complexity index is 932. The summed E-state index contributed by atoms with van der Waals surface area (Å²) in [5.74, 6) is 0.639. The molecule has 1 aromatic heterocycles. The van der Waals surface area contributed by atoms with Gasteiger partial charge in [-0.15, -0.1) is 0 Å². The quantitative estimate of drug-likeness (QED) is 0.628. The summed E-state index contributed by atoms with van der Waals surface area (Å²) in [7, 11) is 1.58. The number of methoxy groups -OCH3 is 1. The van der Waals surface area contributed by atoms with E-state index in [9.17, 15) is 0 Å². The molecule has 0 atom stereocenters. The van der Waals surface area contributed by atoms with E-state index in [-0.39, 0.29) is 0 Å². The fraction of sp³-hybridized carbons (Fsp3) is 0.111. The molecule has 0 amide bonds. The number of benzene rings is 2. The molecule has 0 saturated heterocycles. The summed E-state index contributed by atoms with van der Waals surface area (Å²) in [5.41, 5.74) is 3.39. The molecule has 3 aromatic rings. The minimum absolute atomic E-state index is 0.428. The van der Waals surface area contributed by atoms with Crippen molar-refractivity contribution in [3.8, 4) is 11.8 Å². The van der Waals surface area contributed by atoms with Crippen LogP contribution < -0.4 is 4.74 Å². The van der Waals surface area contributed by atoms with Gasteiger partial charge in [0.15, 0.2) is 0 Å². The van der Waals surface area contributed by atoms with Gasteiger partial charge in [0, 0.05) is 5.39 Å². The van der Waals surface area contributed by atoms with Crippen LogP contribution in [0.4, 0.5) is 0 Å². The summed E-state index contributed by atoms with van der Waals surface area (Å²) in [4.78, 5) is 4.31. The Morgan fingerprint density at radius 1 is 1.13 bits per heavy atom. The maximum atomic E-state index is 9.10. The number of fused-ring (bicyclic) bond motifs is 1. The van der Waals surface area contributed by atoms with Crippen molar-refractivity contribution < 1.29 is 4.74 Å². The lowest BCUT2D eigenvalue weighted by molar-refractivity contribution is 0.415. The predicted molar refractivity (Wildman–Crippen MR) is 92.3 cm³/mol. The first kappa shape index (κ1) is 15.6. The van der Waals surface area contributed by atoms with Gasteiger partial charge >= 0.3 is 0 Å². The number of pyridine rings is 1. The number of halogens is 2. The van der Waals surface area contributed by atoms with Crippen molar-refractivity contribution in [1.29, 1.82) is 5.26 Å². The lowest BCUT2D eigenvalue weighted by atomic mass is 10.00. The van der Waals surface area contributed by atoms with E-state index in [1.165, 1.54) is 0 Å². The second-order valence-corrected chi connectivity index (χ2v) is 5.89. The minimum Gasteiger partial charge on any atom is -0.495 e. The number of nitriles is 1. The van der Waals surface area contributed by atoms with Crippen LogP contribution in [-0.2, 0) is 6.42 Å². The average molecular weight is 343 g/mol. The first-order valence-electron chi connectivity index (χ1n) is 6.92. The van der Waals surface area contributed by atoms with Crippen molar-refractivity contribution in [3.63, 3.8) is 0 Å². The second kappa shape index (κ2) is 6.45.